The third-order valence-electron chi connectivity index (χ3n) is 7.05. The molecule has 2 aromatic heterocycles. The van der Waals surface area contributed by atoms with Crippen molar-refractivity contribution < 1.29 is 17.9 Å². The molecule has 1 amide bonds. The molecule has 1 aliphatic rings. The minimum Gasteiger partial charge on any atom is -0.493 e. The topological polar surface area (TPSA) is 128 Å². The number of carbonyl (C=O) groups is 1. The summed E-state index contributed by atoms with van der Waals surface area (Å²) in [6.07, 6.45) is 2.64. The van der Waals surface area contributed by atoms with Crippen LogP contribution in [0.2, 0.25) is 0 Å². The monoisotopic (exact) mass is 537 g/mol. The number of nitrogens with one attached hydrogen (secondary N) is 1. The summed E-state index contributed by atoms with van der Waals surface area (Å²) in [5, 5.41) is -0.332. The summed E-state index contributed by atoms with van der Waals surface area (Å²) in [4.78, 5) is 24.2. The number of amides is 1. The van der Waals surface area contributed by atoms with Crippen molar-refractivity contribution in [2.75, 3.05) is 23.8 Å². The zero-order chi connectivity index (χ0) is 27.7. The van der Waals surface area contributed by atoms with Crippen LogP contribution in [-0.4, -0.2) is 43.0 Å². The minimum absolute atomic E-state index is 0.0389. The number of rotatable bonds is 8. The average molecular weight is 538 g/mol. The number of nitrogen functional groups attached to an aromatic ring is 1. The van der Waals surface area contributed by atoms with Crippen LogP contribution in [-0.2, 0) is 10.0 Å². The molecule has 1 unspecified atom stereocenters. The van der Waals surface area contributed by atoms with Crippen LogP contribution in [0.25, 0.3) is 11.1 Å². The van der Waals surface area contributed by atoms with Crippen LogP contribution in [0.5, 0.6) is 5.75 Å². The Labute approximate surface area is 224 Å². The lowest BCUT2D eigenvalue weighted by Crippen LogP contribution is -2.43. The van der Waals surface area contributed by atoms with Gasteiger partial charge in [0.15, 0.2) is 5.03 Å². The quantitative estimate of drug-likeness (QED) is 0.430. The highest BCUT2D eigenvalue weighted by atomic mass is 32.2. The number of anilines is 2. The summed E-state index contributed by atoms with van der Waals surface area (Å²) in [7, 11) is -4.27. The number of nitrogens with zero attached hydrogens (tertiary/aromatic N) is 3. The van der Waals surface area contributed by atoms with Crippen molar-refractivity contribution in [2.24, 2.45) is 11.8 Å². The fraction of sp³-hybridized carbons (Fsp3) is 0.393. The Hall–Kier alpha value is -3.66. The Morgan fingerprint density at radius 2 is 1.92 bits per heavy atom. The maximum absolute atomic E-state index is 13.6. The standard InChI is InChI=1S/C28H35N5O4S/c1-18(2)17-37-22-9-6-8-20(14-22)21-15-23(26(30-16-21)33-13-12-19(3)28(33,4)5)27(34)32-38(35,36)25-11-7-10-24(29)31-25/h6-11,14-16,18-19H,12-13,17H2,1-5H3,(H2,29,31)(H,32,34). The zero-order valence-electron chi connectivity index (χ0n) is 22.4. The van der Waals surface area contributed by atoms with Gasteiger partial charge in [0.2, 0.25) is 0 Å². The molecule has 10 heteroatoms. The van der Waals surface area contributed by atoms with E-state index in [-0.39, 0.29) is 21.9 Å². The molecule has 0 bridgehead atoms. The normalized spacial score (nSPS) is 17.0. The Kier molecular flexibility index (Phi) is 7.64. The van der Waals surface area contributed by atoms with Gasteiger partial charge >= 0.3 is 0 Å². The smallest absolute Gasteiger partial charge is 0.281 e. The molecule has 3 heterocycles. The van der Waals surface area contributed by atoms with Crippen LogP contribution in [0.1, 0.15) is 51.4 Å². The molecule has 1 atom stereocenters. The van der Waals surface area contributed by atoms with Gasteiger partial charge in [-0.25, -0.2) is 14.7 Å². The molecule has 38 heavy (non-hydrogen) atoms. The second kappa shape index (κ2) is 10.6. The van der Waals surface area contributed by atoms with Crippen molar-refractivity contribution in [3.63, 3.8) is 0 Å². The van der Waals surface area contributed by atoms with E-state index in [0.717, 1.165) is 12.0 Å². The van der Waals surface area contributed by atoms with Crippen LogP contribution in [0.15, 0.2) is 59.8 Å². The molecule has 0 radical (unpaired) electrons. The summed E-state index contributed by atoms with van der Waals surface area (Å²) < 4.78 is 34.0. The van der Waals surface area contributed by atoms with Crippen LogP contribution in [0.4, 0.5) is 11.6 Å². The molecular weight excluding hydrogens is 502 g/mol. The van der Waals surface area contributed by atoms with Gasteiger partial charge in [-0.15, -0.1) is 0 Å². The van der Waals surface area contributed by atoms with E-state index in [1.807, 2.05) is 24.3 Å². The highest BCUT2D eigenvalue weighted by Crippen LogP contribution is 2.39. The Morgan fingerprint density at radius 1 is 1.18 bits per heavy atom. The third-order valence-corrected chi connectivity index (χ3v) is 8.28. The highest BCUT2D eigenvalue weighted by molar-refractivity contribution is 7.90. The maximum Gasteiger partial charge on any atom is 0.281 e. The number of hydrogen-bond donors (Lipinski definition) is 2. The van der Waals surface area contributed by atoms with Crippen LogP contribution >= 0.6 is 0 Å². The molecule has 0 saturated carbocycles. The molecule has 9 nitrogen and oxygen atoms in total. The molecule has 4 rings (SSSR count). The van der Waals surface area contributed by atoms with Crippen LogP contribution < -0.4 is 20.1 Å². The number of hydrogen-bond acceptors (Lipinski definition) is 8. The molecule has 1 aliphatic heterocycles. The first-order valence-electron chi connectivity index (χ1n) is 12.7. The lowest BCUT2D eigenvalue weighted by Gasteiger charge is -2.36. The van der Waals surface area contributed by atoms with Crippen LogP contribution in [0.3, 0.4) is 0 Å². The molecule has 1 aromatic carbocycles. The van der Waals surface area contributed by atoms with Gasteiger partial charge in [-0.1, -0.05) is 39.0 Å². The first kappa shape index (κ1) is 27.4. The van der Waals surface area contributed by atoms with Gasteiger partial charge in [0.25, 0.3) is 15.9 Å². The Balaban J connectivity index is 1.75. The third kappa shape index (κ3) is 5.75. The first-order valence-corrected chi connectivity index (χ1v) is 14.2. The van der Waals surface area contributed by atoms with Crippen molar-refractivity contribution in [3.05, 3.63) is 60.3 Å². The fourth-order valence-corrected chi connectivity index (χ4v) is 5.39. The lowest BCUT2D eigenvalue weighted by atomic mass is 9.90. The Morgan fingerprint density at radius 3 is 2.58 bits per heavy atom. The van der Waals surface area contributed by atoms with E-state index in [2.05, 4.69) is 49.2 Å². The molecule has 1 saturated heterocycles. The second-order valence-corrected chi connectivity index (χ2v) is 12.3. The molecule has 3 aromatic rings. The number of aromatic nitrogens is 2. The van der Waals surface area contributed by atoms with E-state index in [1.54, 1.807) is 12.3 Å². The predicted molar refractivity (Wildman–Crippen MR) is 149 cm³/mol. The van der Waals surface area contributed by atoms with Gasteiger partial charge in [-0.3, -0.25) is 4.79 Å². The number of ether oxygens (including phenoxy) is 1. The van der Waals surface area contributed by atoms with Crippen molar-refractivity contribution >= 4 is 27.6 Å². The zero-order valence-corrected chi connectivity index (χ0v) is 23.2. The van der Waals surface area contributed by atoms with Gasteiger partial charge in [0.05, 0.1) is 12.2 Å². The summed E-state index contributed by atoms with van der Waals surface area (Å²) in [6.45, 7) is 11.8. The van der Waals surface area contributed by atoms with Crippen molar-refractivity contribution in [1.82, 2.24) is 14.7 Å². The number of sulfonamides is 1. The average Bonchev–Trinajstić information content (AvgIpc) is 3.14. The van der Waals surface area contributed by atoms with Gasteiger partial charge in [-0.05, 0) is 68.0 Å². The van der Waals surface area contributed by atoms with Gasteiger partial charge < -0.3 is 15.4 Å². The Bertz CT molecular complexity index is 1440. The molecule has 0 aliphatic carbocycles. The summed E-state index contributed by atoms with van der Waals surface area (Å²) >= 11 is 0. The molecule has 202 valence electrons. The van der Waals surface area contributed by atoms with E-state index in [0.29, 0.717) is 42.1 Å². The molecular formula is C28H35N5O4S. The van der Waals surface area contributed by atoms with Crippen molar-refractivity contribution in [3.8, 4) is 16.9 Å². The lowest BCUT2D eigenvalue weighted by molar-refractivity contribution is 0.0981. The van der Waals surface area contributed by atoms with E-state index in [1.165, 1.54) is 18.2 Å². The van der Waals surface area contributed by atoms with Crippen LogP contribution in [0, 0.1) is 11.8 Å². The van der Waals surface area contributed by atoms with Gasteiger partial charge in [0.1, 0.15) is 17.4 Å². The number of pyridine rings is 2. The first-order chi connectivity index (χ1) is 17.9. The van der Waals surface area contributed by atoms with E-state index >= 15 is 0 Å². The second-order valence-electron chi connectivity index (χ2n) is 10.7. The van der Waals surface area contributed by atoms with E-state index < -0.39 is 15.9 Å². The summed E-state index contributed by atoms with van der Waals surface area (Å²) in [6, 6.07) is 13.4. The molecule has 0 spiro atoms. The SMILES string of the molecule is CC(C)COc1cccc(-c2cnc(N3CCC(C)C3(C)C)c(C(=O)NS(=O)(=O)c3cccc(N)n3)c2)c1. The van der Waals surface area contributed by atoms with E-state index in [4.69, 9.17) is 15.5 Å². The summed E-state index contributed by atoms with van der Waals surface area (Å²) in [5.41, 5.74) is 7.01. The predicted octanol–water partition coefficient (Wildman–Crippen LogP) is 4.50. The highest BCUT2D eigenvalue weighted by Gasteiger charge is 2.41. The number of nitrogens with two attached hydrogens (primary N) is 1. The fourth-order valence-electron chi connectivity index (χ4n) is 4.44. The van der Waals surface area contributed by atoms with Crippen molar-refractivity contribution in [1.29, 1.82) is 0 Å². The maximum atomic E-state index is 13.6. The minimum atomic E-state index is -4.27. The number of benzene rings is 1. The molecule has 3 N–H and O–H groups in total. The summed E-state index contributed by atoms with van der Waals surface area (Å²) in [5.74, 6) is 1.12. The van der Waals surface area contributed by atoms with Gasteiger partial charge in [-0.2, -0.15) is 8.42 Å². The van der Waals surface area contributed by atoms with E-state index in [9.17, 15) is 13.2 Å². The molecule has 1 fully saturated rings. The largest absolute Gasteiger partial charge is 0.493 e. The van der Waals surface area contributed by atoms with Gasteiger partial charge in [0, 0.05) is 23.8 Å². The number of carbonyl (C=O) groups excluding carboxylic acids is 1. The van der Waals surface area contributed by atoms with Crippen molar-refractivity contribution in [2.45, 2.75) is 51.6 Å².